The van der Waals surface area contributed by atoms with E-state index in [0.717, 1.165) is 11.3 Å². The SMILES string of the molecule is CCC1(CC)C(=O)NC2(COC2)c2ncc(C#N)cc21. The second kappa shape index (κ2) is 4.29. The molecule has 5 heteroatoms. The van der Waals surface area contributed by atoms with Crippen molar-refractivity contribution in [2.45, 2.75) is 37.6 Å². The molecule has 0 aromatic carbocycles. The molecule has 0 saturated carbocycles. The van der Waals surface area contributed by atoms with Crippen LogP contribution in [0.2, 0.25) is 0 Å². The van der Waals surface area contributed by atoms with Crippen LogP contribution in [0, 0.1) is 11.3 Å². The van der Waals surface area contributed by atoms with Gasteiger partial charge in [0.05, 0.1) is 29.9 Å². The summed E-state index contributed by atoms with van der Waals surface area (Å²) in [6.07, 6.45) is 2.96. The number of hydrogen-bond donors (Lipinski definition) is 1. The molecule has 1 aromatic heterocycles. The third-order valence-corrected chi connectivity index (χ3v) is 4.68. The van der Waals surface area contributed by atoms with Crippen molar-refractivity contribution < 1.29 is 9.53 Å². The van der Waals surface area contributed by atoms with Crippen molar-refractivity contribution in [3.05, 3.63) is 29.1 Å². The van der Waals surface area contributed by atoms with E-state index in [4.69, 9.17) is 10.00 Å². The lowest BCUT2D eigenvalue weighted by atomic mass is 9.67. The maximum atomic E-state index is 12.7. The van der Waals surface area contributed by atoms with Crippen LogP contribution < -0.4 is 5.32 Å². The molecule has 1 amide bonds. The molecule has 1 aromatic rings. The molecule has 0 radical (unpaired) electrons. The Balaban J connectivity index is 2.26. The predicted molar refractivity (Wildman–Crippen MR) is 71.9 cm³/mol. The van der Waals surface area contributed by atoms with E-state index in [-0.39, 0.29) is 5.91 Å². The summed E-state index contributed by atoms with van der Waals surface area (Å²) in [6.45, 7) is 4.91. The van der Waals surface area contributed by atoms with E-state index in [2.05, 4.69) is 16.4 Å². The lowest BCUT2D eigenvalue weighted by molar-refractivity contribution is -0.143. The van der Waals surface area contributed by atoms with Gasteiger partial charge in [0, 0.05) is 6.20 Å². The zero-order valence-corrected chi connectivity index (χ0v) is 11.7. The summed E-state index contributed by atoms with van der Waals surface area (Å²) in [5, 5.41) is 12.2. The average Bonchev–Trinajstić information content (AvgIpc) is 2.44. The first kappa shape index (κ1) is 13.1. The van der Waals surface area contributed by atoms with E-state index in [0.29, 0.717) is 31.6 Å². The monoisotopic (exact) mass is 271 g/mol. The number of nitrogens with one attached hydrogen (secondary N) is 1. The quantitative estimate of drug-likeness (QED) is 0.881. The Kier molecular flexibility index (Phi) is 2.80. The second-order valence-corrected chi connectivity index (χ2v) is 5.55. The van der Waals surface area contributed by atoms with E-state index < -0.39 is 11.0 Å². The summed E-state index contributed by atoms with van der Waals surface area (Å²) >= 11 is 0. The molecule has 2 aliphatic rings. The fraction of sp³-hybridized carbons (Fsp3) is 0.533. The summed E-state index contributed by atoms with van der Waals surface area (Å²) in [4.78, 5) is 17.1. The van der Waals surface area contributed by atoms with Gasteiger partial charge in [0.25, 0.3) is 0 Å². The molecule has 0 unspecified atom stereocenters. The normalized spacial score (nSPS) is 21.6. The van der Waals surface area contributed by atoms with Crippen LogP contribution in [-0.4, -0.2) is 24.1 Å². The summed E-state index contributed by atoms with van der Waals surface area (Å²) < 4.78 is 5.29. The number of carbonyl (C=O) groups is 1. The third-order valence-electron chi connectivity index (χ3n) is 4.68. The number of hydrogen-bond acceptors (Lipinski definition) is 4. The minimum absolute atomic E-state index is 0.0233. The molecule has 5 nitrogen and oxygen atoms in total. The van der Waals surface area contributed by atoms with Crippen molar-refractivity contribution in [1.29, 1.82) is 5.26 Å². The standard InChI is InChI=1S/C15H17N3O2/c1-3-14(4-2)11-5-10(6-16)7-17-12(11)15(8-20-9-15)18-13(14)19/h5,7H,3-4,8-9H2,1-2H3,(H,18,19). The molecule has 1 N–H and O–H groups in total. The molecule has 1 fully saturated rings. The number of nitriles is 1. The molecule has 0 bridgehead atoms. The van der Waals surface area contributed by atoms with E-state index in [1.807, 2.05) is 19.9 Å². The molecule has 3 rings (SSSR count). The van der Waals surface area contributed by atoms with E-state index in [1.165, 1.54) is 0 Å². The van der Waals surface area contributed by atoms with Gasteiger partial charge in [-0.3, -0.25) is 9.78 Å². The summed E-state index contributed by atoms with van der Waals surface area (Å²) in [6, 6.07) is 3.94. The van der Waals surface area contributed by atoms with Gasteiger partial charge in [-0.05, 0) is 24.5 Å². The minimum Gasteiger partial charge on any atom is -0.376 e. The molecule has 3 heterocycles. The zero-order chi connectivity index (χ0) is 14.4. The fourth-order valence-electron chi connectivity index (χ4n) is 3.26. The van der Waals surface area contributed by atoms with Crippen LogP contribution in [-0.2, 0) is 20.5 Å². The second-order valence-electron chi connectivity index (χ2n) is 5.55. The number of pyridine rings is 1. The molecule has 20 heavy (non-hydrogen) atoms. The van der Waals surface area contributed by atoms with Crippen LogP contribution in [0.3, 0.4) is 0 Å². The van der Waals surface area contributed by atoms with E-state index >= 15 is 0 Å². The Bertz CT molecular complexity index is 610. The van der Waals surface area contributed by atoms with Crippen molar-refractivity contribution in [1.82, 2.24) is 10.3 Å². The lowest BCUT2D eigenvalue weighted by Crippen LogP contribution is -2.67. The fourth-order valence-corrected chi connectivity index (χ4v) is 3.26. The average molecular weight is 271 g/mol. The highest BCUT2D eigenvalue weighted by atomic mass is 16.5. The Morgan fingerprint density at radius 2 is 2.15 bits per heavy atom. The Labute approximate surface area is 118 Å². The number of rotatable bonds is 2. The first-order chi connectivity index (χ1) is 9.62. The Morgan fingerprint density at radius 1 is 1.45 bits per heavy atom. The topological polar surface area (TPSA) is 75.0 Å². The Morgan fingerprint density at radius 3 is 2.65 bits per heavy atom. The van der Waals surface area contributed by atoms with Crippen molar-refractivity contribution in [3.8, 4) is 6.07 Å². The van der Waals surface area contributed by atoms with Crippen molar-refractivity contribution in [2.24, 2.45) is 0 Å². The molecular formula is C15H17N3O2. The van der Waals surface area contributed by atoms with Crippen LogP contribution in [0.5, 0.6) is 0 Å². The van der Waals surface area contributed by atoms with Crippen LogP contribution >= 0.6 is 0 Å². The largest absolute Gasteiger partial charge is 0.376 e. The van der Waals surface area contributed by atoms with Crippen LogP contribution in [0.15, 0.2) is 12.3 Å². The molecule has 104 valence electrons. The summed E-state index contributed by atoms with van der Waals surface area (Å²) in [5.41, 5.74) is 1.18. The van der Waals surface area contributed by atoms with Gasteiger partial charge in [-0.25, -0.2) is 0 Å². The Hall–Kier alpha value is -1.93. The highest BCUT2D eigenvalue weighted by Crippen LogP contribution is 2.44. The van der Waals surface area contributed by atoms with Crippen molar-refractivity contribution in [2.75, 3.05) is 13.2 Å². The van der Waals surface area contributed by atoms with Crippen molar-refractivity contribution >= 4 is 5.91 Å². The van der Waals surface area contributed by atoms with Crippen LogP contribution in [0.1, 0.15) is 43.5 Å². The first-order valence-corrected chi connectivity index (χ1v) is 6.93. The number of nitrogens with zero attached hydrogens (tertiary/aromatic N) is 2. The predicted octanol–water partition coefficient (Wildman–Crippen LogP) is 1.37. The number of carbonyl (C=O) groups excluding carboxylic acids is 1. The number of aromatic nitrogens is 1. The molecule has 2 aliphatic heterocycles. The van der Waals surface area contributed by atoms with Gasteiger partial charge in [0.2, 0.25) is 5.91 Å². The molecule has 0 aliphatic carbocycles. The maximum absolute atomic E-state index is 12.7. The number of fused-ring (bicyclic) bond motifs is 2. The first-order valence-electron chi connectivity index (χ1n) is 6.93. The van der Waals surface area contributed by atoms with Crippen LogP contribution in [0.25, 0.3) is 0 Å². The summed E-state index contributed by atoms with van der Waals surface area (Å²) in [5.74, 6) is 0.0233. The van der Waals surface area contributed by atoms with Crippen molar-refractivity contribution in [3.63, 3.8) is 0 Å². The smallest absolute Gasteiger partial charge is 0.231 e. The highest BCUT2D eigenvalue weighted by molar-refractivity contribution is 5.91. The number of ether oxygens (including phenoxy) is 1. The van der Waals surface area contributed by atoms with Gasteiger partial charge in [-0.1, -0.05) is 13.8 Å². The highest BCUT2D eigenvalue weighted by Gasteiger charge is 2.55. The van der Waals surface area contributed by atoms with Gasteiger partial charge in [-0.15, -0.1) is 0 Å². The van der Waals surface area contributed by atoms with Gasteiger partial charge < -0.3 is 10.1 Å². The number of amides is 1. The molecule has 0 atom stereocenters. The van der Waals surface area contributed by atoms with Crippen LogP contribution in [0.4, 0.5) is 0 Å². The summed E-state index contributed by atoms with van der Waals surface area (Å²) in [7, 11) is 0. The minimum atomic E-state index is -0.587. The zero-order valence-electron chi connectivity index (χ0n) is 11.7. The van der Waals surface area contributed by atoms with Gasteiger partial charge in [0.15, 0.2) is 0 Å². The lowest BCUT2D eigenvalue weighted by Gasteiger charge is -2.50. The van der Waals surface area contributed by atoms with Gasteiger partial charge in [0.1, 0.15) is 11.6 Å². The van der Waals surface area contributed by atoms with Gasteiger partial charge >= 0.3 is 0 Å². The third kappa shape index (κ3) is 1.46. The molecule has 1 spiro atoms. The molecule has 1 saturated heterocycles. The maximum Gasteiger partial charge on any atom is 0.231 e. The van der Waals surface area contributed by atoms with E-state index in [1.54, 1.807) is 6.20 Å². The molecular weight excluding hydrogens is 254 g/mol. The van der Waals surface area contributed by atoms with E-state index in [9.17, 15) is 4.79 Å². The van der Waals surface area contributed by atoms with Gasteiger partial charge in [-0.2, -0.15) is 5.26 Å².